The van der Waals surface area contributed by atoms with Crippen molar-refractivity contribution in [3.8, 4) is 0 Å². The number of nitrogens with one attached hydrogen (secondary N) is 1. The normalized spacial score (nSPS) is 13.4. The lowest BCUT2D eigenvalue weighted by molar-refractivity contribution is 0.282. The van der Waals surface area contributed by atoms with E-state index in [9.17, 15) is 0 Å². The van der Waals surface area contributed by atoms with E-state index < -0.39 is 0 Å². The van der Waals surface area contributed by atoms with Crippen molar-refractivity contribution in [3.63, 3.8) is 0 Å². The highest BCUT2D eigenvalue weighted by Crippen LogP contribution is 1.98. The lowest BCUT2D eigenvalue weighted by Crippen LogP contribution is -2.37. The molecule has 0 rings (SSSR count). The summed E-state index contributed by atoms with van der Waals surface area (Å²) in [6.45, 7) is 3.69. The maximum atomic E-state index is 8.53. The minimum Gasteiger partial charge on any atom is -0.395 e. The lowest BCUT2D eigenvalue weighted by atomic mass is 10.1. The van der Waals surface area contributed by atoms with Gasteiger partial charge in [0.25, 0.3) is 0 Å². The Balaban J connectivity index is 3.25. The first-order valence-electron chi connectivity index (χ1n) is 4.39. The molecule has 0 aromatic rings. The zero-order valence-corrected chi connectivity index (χ0v) is 7.34. The first-order chi connectivity index (χ1) is 5.35. The van der Waals surface area contributed by atoms with E-state index in [1.54, 1.807) is 0 Å². The van der Waals surface area contributed by atoms with Gasteiger partial charge < -0.3 is 16.2 Å². The molecule has 0 radical (unpaired) electrons. The van der Waals surface area contributed by atoms with Crippen LogP contribution in [0.3, 0.4) is 0 Å². The summed E-state index contributed by atoms with van der Waals surface area (Å²) in [5, 5.41) is 11.7. The molecule has 0 aromatic heterocycles. The second-order valence-electron chi connectivity index (χ2n) is 2.75. The van der Waals surface area contributed by atoms with Gasteiger partial charge in [0, 0.05) is 19.1 Å². The fourth-order valence-corrected chi connectivity index (χ4v) is 1.02. The summed E-state index contributed by atoms with van der Waals surface area (Å²) in [6.07, 6.45) is 3.53. The fourth-order valence-electron chi connectivity index (χ4n) is 1.02. The van der Waals surface area contributed by atoms with E-state index in [4.69, 9.17) is 10.8 Å². The van der Waals surface area contributed by atoms with Crippen LogP contribution in [0.1, 0.15) is 26.2 Å². The molecule has 0 aliphatic carbocycles. The largest absolute Gasteiger partial charge is 0.395 e. The third kappa shape index (κ3) is 6.28. The standard InChI is InChI=1S/C8H20N2O/c1-2-3-4-8(7-9)10-5-6-11/h8,10-11H,2-7,9H2,1H3. The molecule has 0 fully saturated rings. The number of unbranched alkanes of at least 4 members (excludes halogenated alkanes) is 1. The Morgan fingerprint density at radius 3 is 2.73 bits per heavy atom. The van der Waals surface area contributed by atoms with Crippen LogP contribution in [0, 0.1) is 0 Å². The molecule has 3 heteroatoms. The molecule has 0 saturated heterocycles. The minimum atomic E-state index is 0.197. The van der Waals surface area contributed by atoms with Crippen molar-refractivity contribution in [3.05, 3.63) is 0 Å². The van der Waals surface area contributed by atoms with Crippen LogP contribution in [0.15, 0.2) is 0 Å². The van der Waals surface area contributed by atoms with Crippen molar-refractivity contribution in [2.45, 2.75) is 32.2 Å². The van der Waals surface area contributed by atoms with Gasteiger partial charge >= 0.3 is 0 Å². The average Bonchev–Trinajstić information content (AvgIpc) is 2.05. The Labute approximate surface area is 69.0 Å². The van der Waals surface area contributed by atoms with Crippen molar-refractivity contribution in [1.82, 2.24) is 5.32 Å². The van der Waals surface area contributed by atoms with E-state index in [0.29, 0.717) is 19.1 Å². The lowest BCUT2D eigenvalue weighted by Gasteiger charge is -2.14. The second kappa shape index (κ2) is 7.98. The monoisotopic (exact) mass is 160 g/mol. The van der Waals surface area contributed by atoms with Gasteiger partial charge in [-0.25, -0.2) is 0 Å². The van der Waals surface area contributed by atoms with Gasteiger partial charge in [0.1, 0.15) is 0 Å². The summed E-state index contributed by atoms with van der Waals surface area (Å²) < 4.78 is 0. The molecule has 4 N–H and O–H groups in total. The predicted octanol–water partition coefficient (Wildman–Crippen LogP) is 0.0858. The Bertz CT molecular complexity index is 70.5. The van der Waals surface area contributed by atoms with Crippen LogP contribution < -0.4 is 11.1 Å². The number of hydrogen-bond donors (Lipinski definition) is 3. The molecule has 0 bridgehead atoms. The maximum Gasteiger partial charge on any atom is 0.0556 e. The molecule has 1 atom stereocenters. The fraction of sp³-hybridized carbons (Fsp3) is 1.00. The van der Waals surface area contributed by atoms with Crippen LogP contribution >= 0.6 is 0 Å². The van der Waals surface area contributed by atoms with Crippen molar-refractivity contribution >= 4 is 0 Å². The first-order valence-corrected chi connectivity index (χ1v) is 4.39. The van der Waals surface area contributed by atoms with Crippen LogP contribution in [-0.4, -0.2) is 30.8 Å². The number of nitrogens with two attached hydrogens (primary N) is 1. The van der Waals surface area contributed by atoms with E-state index >= 15 is 0 Å². The van der Waals surface area contributed by atoms with Gasteiger partial charge in [0.2, 0.25) is 0 Å². The second-order valence-corrected chi connectivity index (χ2v) is 2.75. The molecule has 3 nitrogen and oxygen atoms in total. The van der Waals surface area contributed by atoms with Gasteiger partial charge in [-0.05, 0) is 6.42 Å². The van der Waals surface area contributed by atoms with Gasteiger partial charge in [0.15, 0.2) is 0 Å². The van der Waals surface area contributed by atoms with Gasteiger partial charge in [-0.15, -0.1) is 0 Å². The Morgan fingerprint density at radius 1 is 1.55 bits per heavy atom. The van der Waals surface area contributed by atoms with Gasteiger partial charge in [0.05, 0.1) is 6.61 Å². The Morgan fingerprint density at radius 2 is 2.27 bits per heavy atom. The molecule has 0 aliphatic rings. The molecule has 0 aromatic carbocycles. The number of aliphatic hydroxyl groups excluding tert-OH is 1. The third-order valence-corrected chi connectivity index (χ3v) is 1.74. The Kier molecular flexibility index (Phi) is 7.89. The van der Waals surface area contributed by atoms with E-state index in [2.05, 4.69) is 12.2 Å². The Hall–Kier alpha value is -0.120. The first kappa shape index (κ1) is 10.9. The molecule has 0 saturated carbocycles. The van der Waals surface area contributed by atoms with Crippen LogP contribution in [0.2, 0.25) is 0 Å². The summed E-state index contributed by atoms with van der Waals surface area (Å²) in [7, 11) is 0. The highest BCUT2D eigenvalue weighted by Gasteiger charge is 2.02. The smallest absolute Gasteiger partial charge is 0.0556 e. The van der Waals surface area contributed by atoms with Gasteiger partial charge in [-0.2, -0.15) is 0 Å². The summed E-state index contributed by atoms with van der Waals surface area (Å²) in [5.41, 5.74) is 5.51. The number of hydrogen-bond acceptors (Lipinski definition) is 3. The van der Waals surface area contributed by atoms with Gasteiger partial charge in [-0.3, -0.25) is 0 Å². The molecule has 0 heterocycles. The van der Waals surface area contributed by atoms with Crippen molar-refractivity contribution in [2.75, 3.05) is 19.7 Å². The molecule has 0 spiro atoms. The summed E-state index contributed by atoms with van der Waals surface area (Å²) in [4.78, 5) is 0. The zero-order chi connectivity index (χ0) is 8.53. The predicted molar refractivity (Wildman–Crippen MR) is 47.5 cm³/mol. The van der Waals surface area contributed by atoms with Crippen LogP contribution in [0.25, 0.3) is 0 Å². The van der Waals surface area contributed by atoms with E-state index in [1.807, 2.05) is 0 Å². The molecular formula is C8H20N2O. The molecule has 0 aliphatic heterocycles. The van der Waals surface area contributed by atoms with Crippen molar-refractivity contribution < 1.29 is 5.11 Å². The quantitative estimate of drug-likeness (QED) is 0.494. The zero-order valence-electron chi connectivity index (χ0n) is 7.34. The number of rotatable bonds is 7. The summed E-state index contributed by atoms with van der Waals surface area (Å²) in [6, 6.07) is 0.391. The van der Waals surface area contributed by atoms with Crippen molar-refractivity contribution in [1.29, 1.82) is 0 Å². The molecule has 11 heavy (non-hydrogen) atoms. The van der Waals surface area contributed by atoms with Crippen molar-refractivity contribution in [2.24, 2.45) is 5.73 Å². The van der Waals surface area contributed by atoms with Crippen LogP contribution in [0.4, 0.5) is 0 Å². The van der Waals surface area contributed by atoms with Crippen LogP contribution in [0.5, 0.6) is 0 Å². The highest BCUT2D eigenvalue weighted by molar-refractivity contribution is 4.66. The molecular weight excluding hydrogens is 140 g/mol. The average molecular weight is 160 g/mol. The van der Waals surface area contributed by atoms with E-state index in [0.717, 1.165) is 6.42 Å². The highest BCUT2D eigenvalue weighted by atomic mass is 16.3. The molecule has 68 valence electrons. The van der Waals surface area contributed by atoms with E-state index in [-0.39, 0.29) is 6.61 Å². The maximum absolute atomic E-state index is 8.53. The van der Waals surface area contributed by atoms with Crippen LogP contribution in [-0.2, 0) is 0 Å². The topological polar surface area (TPSA) is 58.3 Å². The number of aliphatic hydroxyl groups is 1. The summed E-state index contributed by atoms with van der Waals surface area (Å²) in [5.74, 6) is 0. The van der Waals surface area contributed by atoms with E-state index in [1.165, 1.54) is 12.8 Å². The third-order valence-electron chi connectivity index (χ3n) is 1.74. The minimum absolute atomic E-state index is 0.197. The van der Waals surface area contributed by atoms with Gasteiger partial charge in [-0.1, -0.05) is 19.8 Å². The molecule has 1 unspecified atom stereocenters. The molecule has 0 amide bonds. The summed E-state index contributed by atoms with van der Waals surface area (Å²) >= 11 is 0. The SMILES string of the molecule is CCCCC(CN)NCCO.